The molecule has 0 saturated carbocycles. The number of hydrogen-bond donors (Lipinski definition) is 2. The topological polar surface area (TPSA) is 126 Å². The molecule has 1 aromatic carbocycles. The Balaban J connectivity index is 0. The third-order valence-electron chi connectivity index (χ3n) is 4.23. The van der Waals surface area contributed by atoms with Gasteiger partial charge >= 0.3 is 0 Å². The Bertz CT molecular complexity index is 1120. The maximum atomic E-state index is 12.8. The number of H-pyrrole nitrogens is 1. The van der Waals surface area contributed by atoms with E-state index >= 15 is 0 Å². The molecule has 4 N–H and O–H groups in total. The summed E-state index contributed by atoms with van der Waals surface area (Å²) in [7, 11) is -1.71. The van der Waals surface area contributed by atoms with Crippen molar-refractivity contribution in [3.05, 3.63) is 53.5 Å². The first-order valence-corrected chi connectivity index (χ1v) is 10.5. The summed E-state index contributed by atoms with van der Waals surface area (Å²) >= 11 is 0. The van der Waals surface area contributed by atoms with Crippen molar-refractivity contribution in [1.82, 2.24) is 15.0 Å². The molecular weight excluding hydrogens is 424 g/mol. The maximum absolute atomic E-state index is 12.8. The third-order valence-corrected chi connectivity index (χ3v) is 5.33. The van der Waals surface area contributed by atoms with Crippen LogP contribution in [-0.2, 0) is 17.4 Å². The number of aryl methyl sites for hydroxylation is 1. The van der Waals surface area contributed by atoms with Gasteiger partial charge in [-0.1, -0.05) is 32.6 Å². The molecule has 170 valence electrons. The number of nitriles is 1. The fourth-order valence-electron chi connectivity index (χ4n) is 2.87. The number of fused-ring (bicyclic) bond motifs is 1. The predicted molar refractivity (Wildman–Crippen MR) is 123 cm³/mol. The van der Waals surface area contributed by atoms with Crippen LogP contribution in [-0.4, -0.2) is 24.6 Å². The van der Waals surface area contributed by atoms with E-state index in [1.165, 1.54) is 24.4 Å². The van der Waals surface area contributed by atoms with Crippen molar-refractivity contribution < 1.29 is 21.3 Å². The predicted octanol–water partition coefficient (Wildman–Crippen LogP) is 5.13. The van der Waals surface area contributed by atoms with E-state index in [0.29, 0.717) is 40.0 Å². The third kappa shape index (κ3) is 5.93. The number of nitrogens with one attached hydrogen (secondary N) is 2. The summed E-state index contributed by atoms with van der Waals surface area (Å²) in [6.07, 6.45) is 1.33. The van der Waals surface area contributed by atoms with Crippen molar-refractivity contribution in [2.24, 2.45) is 0 Å². The molecule has 2 heterocycles. The van der Waals surface area contributed by atoms with Gasteiger partial charge in [0.1, 0.15) is 0 Å². The molecule has 0 fully saturated rings. The normalized spacial score (nSPS) is 11.1. The SMILES string of the molecule is C=Cc1nc(NS(=O)c2c[nH]c3cc(C(F)F)ccc23)nc(C)c1CCC#N.CC.O.[HH].[HH]. The molecule has 1 atom stereocenters. The zero-order valence-corrected chi connectivity index (χ0v) is 18.3. The van der Waals surface area contributed by atoms with Gasteiger partial charge in [-0.25, -0.2) is 23.0 Å². The van der Waals surface area contributed by atoms with Crippen LogP contribution in [0.2, 0.25) is 0 Å². The van der Waals surface area contributed by atoms with Crippen LogP contribution in [0.4, 0.5) is 14.7 Å². The van der Waals surface area contributed by atoms with Gasteiger partial charge in [0.25, 0.3) is 6.43 Å². The zero-order valence-electron chi connectivity index (χ0n) is 17.5. The molecule has 31 heavy (non-hydrogen) atoms. The Morgan fingerprint density at radius 1 is 1.39 bits per heavy atom. The zero-order chi connectivity index (χ0) is 22.3. The standard InChI is InChI=1S/C19H17F2N5OS.C2H6.H2O.2H2/c1-3-15-13(5-4-8-22)11(2)24-19(25-15)26-28(27)17-10-23-16-9-12(18(20)21)6-7-14(16)17;1-2;;;/h3,6-7,9-10,18,23H,1,4-5H2,2H3,(H,24,25,26);1-2H3;1H2;2*1H. The van der Waals surface area contributed by atoms with E-state index in [9.17, 15) is 13.0 Å². The molecule has 0 aliphatic rings. The summed E-state index contributed by atoms with van der Waals surface area (Å²) < 4.78 is 41.2. The first-order chi connectivity index (χ1) is 14.4. The van der Waals surface area contributed by atoms with E-state index in [2.05, 4.69) is 32.3 Å². The van der Waals surface area contributed by atoms with Gasteiger partial charge in [0.15, 0.2) is 11.0 Å². The highest BCUT2D eigenvalue weighted by Gasteiger charge is 2.16. The van der Waals surface area contributed by atoms with Crippen molar-refractivity contribution >= 4 is 33.9 Å². The number of benzene rings is 1. The van der Waals surface area contributed by atoms with Gasteiger partial charge in [-0.3, -0.25) is 4.72 Å². The van der Waals surface area contributed by atoms with E-state index < -0.39 is 17.4 Å². The van der Waals surface area contributed by atoms with Crippen LogP contribution < -0.4 is 4.72 Å². The fraction of sp³-hybridized carbons (Fsp3) is 0.286. The summed E-state index contributed by atoms with van der Waals surface area (Å²) in [5, 5.41) is 9.35. The average molecular weight is 454 g/mol. The molecule has 1 unspecified atom stereocenters. The van der Waals surface area contributed by atoms with E-state index in [1.807, 2.05) is 13.8 Å². The van der Waals surface area contributed by atoms with Gasteiger partial charge in [-0.2, -0.15) is 5.26 Å². The molecule has 0 radical (unpaired) electrons. The van der Waals surface area contributed by atoms with Crippen molar-refractivity contribution in [2.45, 2.75) is 44.9 Å². The van der Waals surface area contributed by atoms with E-state index in [0.717, 1.165) is 5.56 Å². The average Bonchev–Trinajstić information content (AvgIpc) is 3.17. The van der Waals surface area contributed by atoms with Gasteiger partial charge in [0, 0.05) is 43.2 Å². The molecule has 0 spiro atoms. The summed E-state index contributed by atoms with van der Waals surface area (Å²) in [6.45, 7) is 9.52. The molecule has 7 nitrogen and oxygen atoms in total. The minimum absolute atomic E-state index is 0. The van der Waals surface area contributed by atoms with Gasteiger partial charge in [-0.05, 0) is 25.5 Å². The minimum Gasteiger partial charge on any atom is -0.412 e. The van der Waals surface area contributed by atoms with Crippen LogP contribution in [0.15, 0.2) is 35.9 Å². The number of aromatic amines is 1. The number of hydrogen-bond acceptors (Lipinski definition) is 4. The largest absolute Gasteiger partial charge is 0.412 e. The van der Waals surface area contributed by atoms with Crippen molar-refractivity contribution in [1.29, 1.82) is 5.26 Å². The number of halogens is 2. The van der Waals surface area contributed by atoms with E-state index in [-0.39, 0.29) is 19.8 Å². The van der Waals surface area contributed by atoms with Gasteiger partial charge in [0.2, 0.25) is 5.95 Å². The highest BCUT2D eigenvalue weighted by atomic mass is 32.2. The van der Waals surface area contributed by atoms with Crippen molar-refractivity contribution in [3.8, 4) is 6.07 Å². The number of alkyl halides is 2. The van der Waals surface area contributed by atoms with Gasteiger partial charge in [-0.15, -0.1) is 0 Å². The van der Waals surface area contributed by atoms with Crippen LogP contribution in [0.1, 0.15) is 52.1 Å². The number of anilines is 1. The van der Waals surface area contributed by atoms with Gasteiger partial charge in [0.05, 0.1) is 16.7 Å². The lowest BCUT2D eigenvalue weighted by Gasteiger charge is -2.11. The monoisotopic (exact) mass is 453 g/mol. The number of rotatable bonds is 7. The Labute approximate surface area is 185 Å². The number of nitrogens with zero attached hydrogens (tertiary/aromatic N) is 3. The molecule has 3 rings (SSSR count). The Hall–Kier alpha value is -3.16. The van der Waals surface area contributed by atoms with Crippen LogP contribution in [0, 0.1) is 18.3 Å². The molecule has 3 aromatic rings. The first kappa shape index (κ1) is 25.9. The molecule has 0 amide bonds. The second-order valence-corrected chi connectivity index (χ2v) is 7.17. The second kappa shape index (κ2) is 11.9. The molecular formula is C21H29F2N5O2S. The summed E-state index contributed by atoms with van der Waals surface area (Å²) in [4.78, 5) is 11.9. The van der Waals surface area contributed by atoms with E-state index in [1.54, 1.807) is 13.0 Å². The molecule has 0 bridgehead atoms. The molecule has 2 aromatic heterocycles. The van der Waals surface area contributed by atoms with Crippen LogP contribution in [0.5, 0.6) is 0 Å². The lowest BCUT2D eigenvalue weighted by Crippen LogP contribution is -2.11. The van der Waals surface area contributed by atoms with Crippen LogP contribution in [0.3, 0.4) is 0 Å². The molecule has 0 saturated heterocycles. The quantitative estimate of drug-likeness (QED) is 0.514. The van der Waals surface area contributed by atoms with E-state index in [4.69, 9.17) is 5.26 Å². The minimum atomic E-state index is -2.58. The molecule has 10 heteroatoms. The molecule has 0 aliphatic heterocycles. The Morgan fingerprint density at radius 2 is 2.10 bits per heavy atom. The summed E-state index contributed by atoms with van der Waals surface area (Å²) in [5.74, 6) is 0.157. The first-order valence-electron chi connectivity index (χ1n) is 9.39. The fourth-order valence-corrected chi connectivity index (χ4v) is 3.78. The second-order valence-electron chi connectivity index (χ2n) is 5.99. The highest BCUT2D eigenvalue weighted by Crippen LogP contribution is 2.27. The Kier molecular flexibility index (Phi) is 9.92. The molecule has 0 aliphatic carbocycles. The van der Waals surface area contributed by atoms with Crippen molar-refractivity contribution in [3.63, 3.8) is 0 Å². The summed E-state index contributed by atoms with van der Waals surface area (Å²) in [6, 6.07) is 6.23. The lowest BCUT2D eigenvalue weighted by molar-refractivity contribution is 0.151. The Morgan fingerprint density at radius 3 is 2.71 bits per heavy atom. The number of aromatic nitrogens is 3. The smallest absolute Gasteiger partial charge is 0.263 e. The van der Waals surface area contributed by atoms with Crippen molar-refractivity contribution in [2.75, 3.05) is 4.72 Å². The van der Waals surface area contributed by atoms with Crippen LogP contribution in [0.25, 0.3) is 17.0 Å². The summed E-state index contributed by atoms with van der Waals surface area (Å²) in [5.41, 5.74) is 2.42. The highest BCUT2D eigenvalue weighted by molar-refractivity contribution is 7.86. The van der Waals surface area contributed by atoms with Gasteiger partial charge < -0.3 is 10.5 Å². The van der Waals surface area contributed by atoms with Crippen LogP contribution >= 0.6 is 0 Å². The lowest BCUT2D eigenvalue weighted by atomic mass is 10.1. The maximum Gasteiger partial charge on any atom is 0.263 e.